The lowest BCUT2D eigenvalue weighted by Gasteiger charge is -2.41. The molecule has 1 aliphatic rings. The Bertz CT molecular complexity index is 1050. The number of rotatable bonds is 38. The van der Waals surface area contributed by atoms with Crippen molar-refractivity contribution in [2.45, 2.75) is 255 Å². The van der Waals surface area contributed by atoms with E-state index in [4.69, 9.17) is 9.05 Å². The summed E-state index contributed by atoms with van der Waals surface area (Å²) in [5, 5.41) is 74.5. The van der Waals surface area contributed by atoms with Crippen molar-refractivity contribution in [2.24, 2.45) is 0 Å². The Hall–Kier alpha value is -0.960. The van der Waals surface area contributed by atoms with Gasteiger partial charge < -0.3 is 46.0 Å². The predicted molar refractivity (Wildman–Crippen MR) is 229 cm³/mol. The van der Waals surface area contributed by atoms with Gasteiger partial charge in [-0.05, 0) is 38.5 Å². The molecule has 0 aromatic rings. The standard InChI is InChI=1S/C44H86NO12P/c1-3-5-7-9-11-13-15-16-17-18-19-20-21-22-24-26-28-30-32-37(47)36(34-56-58(54,55)57-44-42(52)40(50)39(49)41(51)43(44)53)45-38(48)33-35(46)31-29-27-25-23-14-12-10-8-6-4-2/h12,14,35-37,39-44,46-47,49-53H,3-11,13,15-34H2,1-2H3,(H,45,48)(H,54,55)/b14-12-. The number of carbonyl (C=O) groups excluding carboxylic acids is 1. The van der Waals surface area contributed by atoms with E-state index in [1.54, 1.807) is 0 Å². The van der Waals surface area contributed by atoms with Crippen molar-refractivity contribution in [3.8, 4) is 0 Å². The fourth-order valence-corrected chi connectivity index (χ4v) is 8.50. The second kappa shape index (κ2) is 34.6. The highest BCUT2D eigenvalue weighted by atomic mass is 31.2. The molecule has 1 amide bonds. The maximum absolute atomic E-state index is 13.0. The first-order valence-corrected chi connectivity index (χ1v) is 24.7. The SMILES string of the molecule is CCCCC/C=C\CCCCCC(O)CC(=O)NC(COP(=O)(O)OC1C(O)C(O)C(O)C(O)C1O)C(O)CCCCCCCCCCCCCCCCCCCC. The van der Waals surface area contributed by atoms with Gasteiger partial charge in [0.2, 0.25) is 5.91 Å². The second-order valence-electron chi connectivity index (χ2n) is 16.8. The average Bonchev–Trinajstić information content (AvgIpc) is 3.19. The molecule has 0 spiro atoms. The largest absolute Gasteiger partial charge is 0.472 e. The van der Waals surface area contributed by atoms with Gasteiger partial charge in [-0.1, -0.05) is 167 Å². The number of aliphatic hydroxyl groups is 7. The highest BCUT2D eigenvalue weighted by molar-refractivity contribution is 7.47. The first-order valence-electron chi connectivity index (χ1n) is 23.2. The van der Waals surface area contributed by atoms with E-state index in [-0.39, 0.29) is 12.8 Å². The summed E-state index contributed by atoms with van der Waals surface area (Å²) in [4.78, 5) is 23.4. The minimum Gasteiger partial charge on any atom is -0.393 e. The average molecular weight is 852 g/mol. The first-order chi connectivity index (χ1) is 27.8. The summed E-state index contributed by atoms with van der Waals surface area (Å²) < 4.78 is 22.9. The van der Waals surface area contributed by atoms with E-state index in [9.17, 15) is 50.0 Å². The van der Waals surface area contributed by atoms with Crippen molar-refractivity contribution < 1.29 is 59.0 Å². The Morgan fingerprint density at radius 1 is 0.586 bits per heavy atom. The number of aliphatic hydroxyl groups excluding tert-OH is 7. The van der Waals surface area contributed by atoms with Crippen LogP contribution in [-0.4, -0.2) is 108 Å². The van der Waals surface area contributed by atoms with Crippen molar-refractivity contribution in [3.05, 3.63) is 12.2 Å². The van der Waals surface area contributed by atoms with Crippen LogP contribution in [0.15, 0.2) is 12.2 Å². The number of hydrogen-bond acceptors (Lipinski definition) is 11. The number of nitrogens with one attached hydrogen (secondary N) is 1. The Morgan fingerprint density at radius 3 is 1.45 bits per heavy atom. The molecule has 1 rings (SSSR count). The smallest absolute Gasteiger partial charge is 0.393 e. The van der Waals surface area contributed by atoms with Gasteiger partial charge in [0.15, 0.2) is 0 Å². The highest BCUT2D eigenvalue weighted by Gasteiger charge is 2.51. The molecule has 0 saturated heterocycles. The Balaban J connectivity index is 2.51. The summed E-state index contributed by atoms with van der Waals surface area (Å²) in [6, 6.07) is -1.15. The Kier molecular flexibility index (Phi) is 32.9. The van der Waals surface area contributed by atoms with Crippen LogP contribution >= 0.6 is 7.82 Å². The van der Waals surface area contributed by atoms with Gasteiger partial charge in [0.05, 0.1) is 31.3 Å². The zero-order valence-corrected chi connectivity index (χ0v) is 37.1. The maximum atomic E-state index is 13.0. The van der Waals surface area contributed by atoms with Crippen LogP contribution in [-0.2, 0) is 18.4 Å². The van der Waals surface area contributed by atoms with Crippen molar-refractivity contribution in [1.29, 1.82) is 0 Å². The van der Waals surface area contributed by atoms with E-state index >= 15 is 0 Å². The van der Waals surface area contributed by atoms with Crippen LogP contribution in [0.3, 0.4) is 0 Å². The van der Waals surface area contributed by atoms with Gasteiger partial charge in [0.1, 0.15) is 36.6 Å². The Labute approximate surface area is 351 Å². The third-order valence-electron chi connectivity index (χ3n) is 11.4. The van der Waals surface area contributed by atoms with E-state index < -0.39 is 75.2 Å². The molecule has 0 aromatic heterocycles. The minimum absolute atomic E-state index is 0.231. The fourth-order valence-electron chi connectivity index (χ4n) is 7.53. The zero-order valence-electron chi connectivity index (χ0n) is 36.2. The van der Waals surface area contributed by atoms with E-state index in [1.165, 1.54) is 103 Å². The fraction of sp³-hybridized carbons (Fsp3) is 0.932. The van der Waals surface area contributed by atoms with E-state index in [0.29, 0.717) is 12.8 Å². The van der Waals surface area contributed by atoms with E-state index in [0.717, 1.165) is 57.8 Å². The molecule has 0 aliphatic heterocycles. The molecule has 14 heteroatoms. The summed E-state index contributed by atoms with van der Waals surface area (Å²) in [5.74, 6) is -0.569. The molecule has 1 fully saturated rings. The summed E-state index contributed by atoms with van der Waals surface area (Å²) in [6.45, 7) is 3.75. The quantitative estimate of drug-likeness (QED) is 0.0168. The molecule has 1 saturated carbocycles. The molecule has 0 radical (unpaired) electrons. The highest BCUT2D eigenvalue weighted by Crippen LogP contribution is 2.47. The first kappa shape index (κ1) is 55.1. The van der Waals surface area contributed by atoms with Crippen LogP contribution in [0.5, 0.6) is 0 Å². The van der Waals surface area contributed by atoms with Gasteiger partial charge >= 0.3 is 7.82 Å². The third kappa shape index (κ3) is 26.4. The zero-order chi connectivity index (χ0) is 43.0. The molecule has 1 aliphatic carbocycles. The number of phosphoric ester groups is 1. The van der Waals surface area contributed by atoms with Crippen LogP contribution < -0.4 is 5.32 Å². The van der Waals surface area contributed by atoms with Crippen molar-refractivity contribution in [2.75, 3.05) is 6.61 Å². The molecular formula is C44H86NO12P. The number of amides is 1. The maximum Gasteiger partial charge on any atom is 0.472 e. The molecule has 8 unspecified atom stereocenters. The van der Waals surface area contributed by atoms with Gasteiger partial charge in [-0.2, -0.15) is 0 Å². The molecule has 8 atom stereocenters. The van der Waals surface area contributed by atoms with Crippen LogP contribution in [0.4, 0.5) is 0 Å². The van der Waals surface area contributed by atoms with Gasteiger partial charge in [-0.25, -0.2) is 4.57 Å². The molecule has 9 N–H and O–H groups in total. The van der Waals surface area contributed by atoms with Crippen LogP contribution in [0, 0.1) is 0 Å². The number of unbranched alkanes of at least 4 members (excludes halogenated alkanes) is 23. The lowest BCUT2D eigenvalue weighted by molar-refractivity contribution is -0.220. The number of allylic oxidation sites excluding steroid dienone is 2. The second-order valence-corrected chi connectivity index (χ2v) is 18.2. The molecule has 344 valence electrons. The number of phosphoric acid groups is 1. The summed E-state index contributed by atoms with van der Waals surface area (Å²) in [6.07, 6.45) is 21.3. The Morgan fingerprint density at radius 2 is 0.966 bits per heavy atom. The number of carbonyl (C=O) groups is 1. The monoisotopic (exact) mass is 852 g/mol. The molecule has 0 heterocycles. The summed E-state index contributed by atoms with van der Waals surface area (Å²) in [7, 11) is -5.11. The van der Waals surface area contributed by atoms with Crippen molar-refractivity contribution >= 4 is 13.7 Å². The van der Waals surface area contributed by atoms with Crippen molar-refractivity contribution in [3.63, 3.8) is 0 Å². The number of hydrogen-bond donors (Lipinski definition) is 9. The van der Waals surface area contributed by atoms with Gasteiger partial charge in [-0.3, -0.25) is 13.8 Å². The topological polar surface area (TPSA) is 226 Å². The van der Waals surface area contributed by atoms with Gasteiger partial charge in [-0.15, -0.1) is 0 Å². The van der Waals surface area contributed by atoms with E-state index in [2.05, 4.69) is 31.3 Å². The molecule has 13 nitrogen and oxygen atoms in total. The lowest BCUT2D eigenvalue weighted by atomic mass is 9.85. The van der Waals surface area contributed by atoms with Gasteiger partial charge in [0, 0.05) is 0 Å². The lowest BCUT2D eigenvalue weighted by Crippen LogP contribution is -2.64. The van der Waals surface area contributed by atoms with Gasteiger partial charge in [0.25, 0.3) is 0 Å². The predicted octanol–water partition coefficient (Wildman–Crippen LogP) is 7.42. The van der Waals surface area contributed by atoms with Crippen LogP contribution in [0.25, 0.3) is 0 Å². The molecule has 0 aromatic carbocycles. The summed E-state index contributed by atoms with van der Waals surface area (Å²) in [5.41, 5.74) is 0. The minimum atomic E-state index is -5.11. The third-order valence-corrected chi connectivity index (χ3v) is 12.4. The molecule has 58 heavy (non-hydrogen) atoms. The molecular weight excluding hydrogens is 765 g/mol. The van der Waals surface area contributed by atoms with E-state index in [1.807, 2.05) is 0 Å². The van der Waals surface area contributed by atoms with Crippen molar-refractivity contribution in [1.82, 2.24) is 5.32 Å². The summed E-state index contributed by atoms with van der Waals surface area (Å²) >= 11 is 0. The molecule has 0 bridgehead atoms. The van der Waals surface area contributed by atoms with Crippen LogP contribution in [0.2, 0.25) is 0 Å². The normalized spacial score (nSPS) is 23.8. The van der Waals surface area contributed by atoms with Crippen LogP contribution in [0.1, 0.15) is 200 Å².